The molecule has 5 nitrogen and oxygen atoms in total. The van der Waals surface area contributed by atoms with E-state index in [1.807, 2.05) is 4.90 Å². The van der Waals surface area contributed by atoms with E-state index < -0.39 is 0 Å². The Morgan fingerprint density at radius 1 is 1.24 bits per heavy atom. The molecule has 0 radical (unpaired) electrons. The summed E-state index contributed by atoms with van der Waals surface area (Å²) in [6.45, 7) is 4.67. The summed E-state index contributed by atoms with van der Waals surface area (Å²) < 4.78 is 11.5. The van der Waals surface area contributed by atoms with E-state index >= 15 is 0 Å². The van der Waals surface area contributed by atoms with Crippen LogP contribution in [0.2, 0.25) is 0 Å². The van der Waals surface area contributed by atoms with Gasteiger partial charge >= 0.3 is 0 Å². The van der Waals surface area contributed by atoms with E-state index in [2.05, 4.69) is 42.3 Å². The lowest BCUT2D eigenvalue weighted by Crippen LogP contribution is -2.64. The summed E-state index contributed by atoms with van der Waals surface area (Å²) in [5, 5.41) is 0. The maximum Gasteiger partial charge on any atom is 0.226 e. The van der Waals surface area contributed by atoms with Crippen LogP contribution >= 0.6 is 0 Å². The predicted octanol–water partition coefficient (Wildman–Crippen LogP) is 1.91. The Hall–Kier alpha value is -1.43. The van der Waals surface area contributed by atoms with Crippen molar-refractivity contribution in [3.8, 4) is 0 Å². The fraction of sp³-hybridized carbons (Fsp3) is 0.650. The summed E-state index contributed by atoms with van der Waals surface area (Å²) in [5.41, 5.74) is 1.23. The first kappa shape index (κ1) is 17.0. The molecule has 0 saturated carbocycles. The van der Waals surface area contributed by atoms with Gasteiger partial charge in [-0.1, -0.05) is 30.3 Å². The summed E-state index contributed by atoms with van der Waals surface area (Å²) >= 11 is 0. The minimum Gasteiger partial charge on any atom is -0.381 e. The lowest BCUT2D eigenvalue weighted by atomic mass is 9.86. The van der Waals surface area contributed by atoms with E-state index in [-0.39, 0.29) is 11.5 Å². The first-order chi connectivity index (χ1) is 12.2. The van der Waals surface area contributed by atoms with Crippen molar-refractivity contribution < 1.29 is 14.3 Å². The third kappa shape index (κ3) is 3.59. The smallest absolute Gasteiger partial charge is 0.226 e. The minimum atomic E-state index is -0.101. The number of ether oxygens (including phenoxy) is 2. The normalized spacial score (nSPS) is 26.2. The van der Waals surface area contributed by atoms with Crippen molar-refractivity contribution in [2.24, 2.45) is 5.92 Å². The van der Waals surface area contributed by atoms with Gasteiger partial charge in [-0.05, 0) is 31.9 Å². The molecule has 3 aliphatic rings. The molecule has 3 saturated heterocycles. The average molecular weight is 344 g/mol. The maximum atomic E-state index is 12.6. The average Bonchev–Trinajstić information content (AvgIpc) is 3.07. The van der Waals surface area contributed by atoms with Crippen LogP contribution in [-0.4, -0.2) is 67.3 Å². The van der Waals surface area contributed by atoms with E-state index in [1.54, 1.807) is 0 Å². The number of carbonyl (C=O) groups excluding carboxylic acids is 1. The Bertz CT molecular complexity index is 594. The largest absolute Gasteiger partial charge is 0.381 e. The lowest BCUT2D eigenvalue weighted by Gasteiger charge is -2.48. The van der Waals surface area contributed by atoms with Crippen molar-refractivity contribution in [3.63, 3.8) is 0 Å². The van der Waals surface area contributed by atoms with Gasteiger partial charge in [0.05, 0.1) is 19.7 Å². The molecule has 3 fully saturated rings. The molecular weight excluding hydrogens is 316 g/mol. The Morgan fingerprint density at radius 3 is 2.68 bits per heavy atom. The van der Waals surface area contributed by atoms with Crippen molar-refractivity contribution >= 4 is 5.91 Å². The van der Waals surface area contributed by atoms with Gasteiger partial charge < -0.3 is 14.4 Å². The standard InChI is InChI=1S/C20H28N2O3/c1-21(12-16-5-3-2-4-6-16)18-11-20(25-13-18)14-22(15-20)19(23)17-7-9-24-10-8-17/h2-6,17-18H,7-15H2,1H3. The molecule has 5 heteroatoms. The van der Waals surface area contributed by atoms with Gasteiger partial charge in [0.25, 0.3) is 0 Å². The number of carbonyl (C=O) groups is 1. The number of hydrogen-bond acceptors (Lipinski definition) is 4. The number of nitrogens with zero attached hydrogens (tertiary/aromatic N) is 2. The van der Waals surface area contributed by atoms with Gasteiger partial charge in [-0.15, -0.1) is 0 Å². The van der Waals surface area contributed by atoms with Crippen LogP contribution in [0, 0.1) is 5.92 Å². The van der Waals surface area contributed by atoms with E-state index in [1.165, 1.54) is 5.56 Å². The number of likely N-dealkylation sites (tertiary alicyclic amines) is 1. The Kier molecular flexibility index (Phi) is 4.80. The van der Waals surface area contributed by atoms with Crippen LogP contribution in [0.5, 0.6) is 0 Å². The van der Waals surface area contributed by atoms with Crippen molar-refractivity contribution in [2.45, 2.75) is 37.5 Å². The molecule has 4 rings (SSSR count). The molecule has 0 bridgehead atoms. The highest BCUT2D eigenvalue weighted by molar-refractivity contribution is 5.80. The minimum absolute atomic E-state index is 0.101. The molecule has 136 valence electrons. The molecule has 1 unspecified atom stereocenters. The van der Waals surface area contributed by atoms with Crippen molar-refractivity contribution in [3.05, 3.63) is 35.9 Å². The Labute approximate surface area is 149 Å². The van der Waals surface area contributed by atoms with Crippen molar-refractivity contribution in [2.75, 3.05) is 40.0 Å². The number of hydrogen-bond donors (Lipinski definition) is 0. The second-order valence-electron chi connectivity index (χ2n) is 7.83. The molecule has 3 heterocycles. The van der Waals surface area contributed by atoms with Crippen molar-refractivity contribution in [1.29, 1.82) is 0 Å². The third-order valence-corrected chi connectivity index (χ3v) is 5.93. The summed E-state index contributed by atoms with van der Waals surface area (Å²) in [6.07, 6.45) is 2.76. The zero-order valence-corrected chi connectivity index (χ0v) is 15.0. The molecule has 1 spiro atoms. The molecule has 1 aromatic carbocycles. The monoisotopic (exact) mass is 344 g/mol. The molecule has 0 aromatic heterocycles. The predicted molar refractivity (Wildman–Crippen MR) is 95.1 cm³/mol. The molecule has 0 aliphatic carbocycles. The van der Waals surface area contributed by atoms with E-state index in [0.717, 1.165) is 58.7 Å². The van der Waals surface area contributed by atoms with Gasteiger partial charge in [-0.25, -0.2) is 0 Å². The Balaban J connectivity index is 1.27. The van der Waals surface area contributed by atoms with Crippen LogP contribution in [0.25, 0.3) is 0 Å². The maximum absolute atomic E-state index is 12.6. The highest BCUT2D eigenvalue weighted by atomic mass is 16.5. The van der Waals surface area contributed by atoms with Gasteiger partial charge in [0.1, 0.15) is 5.60 Å². The van der Waals surface area contributed by atoms with Gasteiger partial charge in [0, 0.05) is 31.7 Å². The summed E-state index contributed by atoms with van der Waals surface area (Å²) in [6, 6.07) is 11.0. The number of benzene rings is 1. The summed E-state index contributed by atoms with van der Waals surface area (Å²) in [7, 11) is 2.17. The first-order valence-electron chi connectivity index (χ1n) is 9.40. The molecule has 3 aliphatic heterocycles. The molecule has 1 atom stereocenters. The highest BCUT2D eigenvalue weighted by Crippen LogP contribution is 2.38. The fourth-order valence-corrected chi connectivity index (χ4v) is 4.33. The van der Waals surface area contributed by atoms with Crippen LogP contribution in [0.4, 0.5) is 0 Å². The first-order valence-corrected chi connectivity index (χ1v) is 9.40. The molecule has 1 aromatic rings. The molecule has 0 N–H and O–H groups in total. The summed E-state index contributed by atoms with van der Waals surface area (Å²) in [4.78, 5) is 17.0. The Morgan fingerprint density at radius 2 is 1.96 bits per heavy atom. The molecule has 1 amide bonds. The van der Waals surface area contributed by atoms with Crippen LogP contribution in [0.1, 0.15) is 24.8 Å². The quantitative estimate of drug-likeness (QED) is 0.837. The zero-order chi connectivity index (χ0) is 17.3. The number of likely N-dealkylation sites (N-methyl/N-ethyl adjacent to an activating group) is 1. The van der Waals surface area contributed by atoms with Crippen LogP contribution in [-0.2, 0) is 20.8 Å². The molecular formula is C20H28N2O3. The van der Waals surface area contributed by atoms with Crippen LogP contribution in [0.3, 0.4) is 0 Å². The second-order valence-corrected chi connectivity index (χ2v) is 7.83. The summed E-state index contributed by atoms with van der Waals surface area (Å²) in [5.74, 6) is 0.461. The topological polar surface area (TPSA) is 42.0 Å². The van der Waals surface area contributed by atoms with E-state index in [4.69, 9.17) is 9.47 Å². The van der Waals surface area contributed by atoms with Gasteiger partial charge in [-0.2, -0.15) is 0 Å². The van der Waals surface area contributed by atoms with Gasteiger partial charge in [0.15, 0.2) is 0 Å². The fourth-order valence-electron chi connectivity index (χ4n) is 4.33. The van der Waals surface area contributed by atoms with Crippen molar-refractivity contribution in [1.82, 2.24) is 9.80 Å². The van der Waals surface area contributed by atoms with Crippen LogP contribution < -0.4 is 0 Å². The number of amides is 1. The zero-order valence-electron chi connectivity index (χ0n) is 15.0. The van der Waals surface area contributed by atoms with Gasteiger partial charge in [0.2, 0.25) is 5.91 Å². The molecule has 25 heavy (non-hydrogen) atoms. The van der Waals surface area contributed by atoms with E-state index in [9.17, 15) is 4.79 Å². The lowest BCUT2D eigenvalue weighted by molar-refractivity contribution is -0.164. The third-order valence-electron chi connectivity index (χ3n) is 5.93. The number of rotatable bonds is 4. The van der Waals surface area contributed by atoms with Crippen LogP contribution in [0.15, 0.2) is 30.3 Å². The van der Waals surface area contributed by atoms with E-state index in [0.29, 0.717) is 11.9 Å². The second kappa shape index (κ2) is 7.06. The van der Waals surface area contributed by atoms with Gasteiger partial charge in [-0.3, -0.25) is 9.69 Å². The SMILES string of the molecule is CN(Cc1ccccc1)C1COC2(C1)CN(C(=O)C1CCOCC1)C2. The highest BCUT2D eigenvalue weighted by Gasteiger charge is 2.52.